The number of hydrogen-bond donors (Lipinski definition) is 1. The molecule has 4 nitrogen and oxygen atoms in total. The number of aromatic nitrogens is 1. The molecule has 3 aromatic rings. The first-order chi connectivity index (χ1) is 11.6. The van der Waals surface area contributed by atoms with E-state index in [1.165, 1.54) is 0 Å². The average molecular weight is 349 g/mol. The summed E-state index contributed by atoms with van der Waals surface area (Å²) in [6.07, 6.45) is -2.80. The van der Waals surface area contributed by atoms with Crippen molar-refractivity contribution in [3.8, 4) is 22.4 Å². The van der Waals surface area contributed by atoms with Crippen molar-refractivity contribution in [3.05, 3.63) is 65.9 Å². The number of benzene rings is 2. The van der Waals surface area contributed by atoms with Crippen molar-refractivity contribution in [3.63, 3.8) is 0 Å². The lowest BCUT2D eigenvalue weighted by molar-refractivity contribution is 0.113. The van der Waals surface area contributed by atoms with Crippen LogP contribution in [0, 0.1) is 0 Å². The van der Waals surface area contributed by atoms with Crippen LogP contribution in [-0.4, -0.2) is 13.6 Å². The van der Waals surface area contributed by atoms with E-state index in [1.54, 1.807) is 48.5 Å². The van der Waals surface area contributed by atoms with Crippen LogP contribution < -0.4 is 0 Å². The van der Waals surface area contributed by atoms with Gasteiger partial charge >= 0.3 is 0 Å². The summed E-state index contributed by atoms with van der Waals surface area (Å²) in [4.78, 5) is 0. The van der Waals surface area contributed by atoms with E-state index in [0.717, 1.165) is 0 Å². The molecule has 0 bridgehead atoms. The fraction of sp³-hybridized carbons (Fsp3) is 0.118. The Balaban J connectivity index is 2.10. The Hall–Kier alpha value is -2.54. The van der Waals surface area contributed by atoms with Crippen LogP contribution in [0.5, 0.6) is 0 Å². The molecule has 1 aromatic heterocycles. The quantitative estimate of drug-likeness (QED) is 0.706. The van der Waals surface area contributed by atoms with Crippen molar-refractivity contribution in [2.45, 2.75) is 12.2 Å². The van der Waals surface area contributed by atoms with Gasteiger partial charge in [0.25, 0.3) is 6.43 Å². The summed E-state index contributed by atoms with van der Waals surface area (Å²) in [5, 5.41) is 3.80. The van der Waals surface area contributed by atoms with Crippen LogP contribution in [0.25, 0.3) is 22.4 Å². The van der Waals surface area contributed by atoms with Crippen LogP contribution in [0.1, 0.15) is 17.7 Å². The van der Waals surface area contributed by atoms with Crippen molar-refractivity contribution in [2.75, 3.05) is 0 Å². The van der Waals surface area contributed by atoms with Gasteiger partial charge in [0.05, 0.1) is 11.3 Å². The predicted molar refractivity (Wildman–Crippen MR) is 86.4 cm³/mol. The van der Waals surface area contributed by atoms with E-state index in [4.69, 9.17) is 4.52 Å². The van der Waals surface area contributed by atoms with E-state index < -0.39 is 22.9 Å². The highest BCUT2D eigenvalue weighted by molar-refractivity contribution is 7.71. The molecule has 7 heteroatoms. The molecule has 0 aliphatic carbocycles. The lowest BCUT2D eigenvalue weighted by Gasteiger charge is -2.05. The fourth-order valence-corrected chi connectivity index (χ4v) is 2.96. The molecule has 24 heavy (non-hydrogen) atoms. The SMILES string of the molecule is O=[SH](=O)Cc1ccc(-c2c(-c3ccccc3)noc2C(F)F)cc1. The summed E-state index contributed by atoms with van der Waals surface area (Å²) in [6.45, 7) is 0. The number of halogens is 2. The Labute approximate surface area is 138 Å². The standard InChI is InChI=1S/C17H13F2NO3S/c18-17(19)16-14(12-8-6-11(7-9-12)10-24(21)22)15(20-23-16)13-4-2-1-3-5-13/h1-9,17,24H,10H2. The van der Waals surface area contributed by atoms with Crippen molar-refractivity contribution >= 4 is 10.7 Å². The Morgan fingerprint density at radius 2 is 1.62 bits per heavy atom. The Morgan fingerprint density at radius 3 is 2.21 bits per heavy atom. The molecule has 0 aliphatic rings. The second kappa shape index (κ2) is 6.92. The van der Waals surface area contributed by atoms with Crippen LogP contribution >= 0.6 is 0 Å². The van der Waals surface area contributed by atoms with Crippen LogP contribution in [0.3, 0.4) is 0 Å². The van der Waals surface area contributed by atoms with Gasteiger partial charge in [-0.1, -0.05) is 59.8 Å². The zero-order valence-corrected chi connectivity index (χ0v) is 13.3. The van der Waals surface area contributed by atoms with Crippen molar-refractivity contribution in [1.82, 2.24) is 5.16 Å². The van der Waals surface area contributed by atoms with E-state index >= 15 is 0 Å². The van der Waals surface area contributed by atoms with Crippen molar-refractivity contribution in [2.24, 2.45) is 0 Å². The second-order valence-corrected chi connectivity index (χ2v) is 6.11. The van der Waals surface area contributed by atoms with Gasteiger partial charge in [-0.15, -0.1) is 0 Å². The number of thiol groups is 1. The highest BCUT2D eigenvalue weighted by Gasteiger charge is 2.25. The molecule has 0 fully saturated rings. The van der Waals surface area contributed by atoms with Crippen molar-refractivity contribution in [1.29, 1.82) is 0 Å². The van der Waals surface area contributed by atoms with E-state index in [9.17, 15) is 17.2 Å². The van der Waals surface area contributed by atoms with Gasteiger partial charge < -0.3 is 4.52 Å². The highest BCUT2D eigenvalue weighted by Crippen LogP contribution is 2.38. The molecule has 3 rings (SSSR count). The van der Waals surface area contributed by atoms with Gasteiger partial charge in [-0.05, 0) is 11.1 Å². The summed E-state index contributed by atoms with van der Waals surface area (Å²) in [7, 11) is -2.54. The van der Waals surface area contributed by atoms with Crippen LogP contribution in [0.15, 0.2) is 59.1 Å². The topological polar surface area (TPSA) is 60.2 Å². The monoisotopic (exact) mass is 349 g/mol. The Morgan fingerprint density at radius 1 is 0.958 bits per heavy atom. The van der Waals surface area contributed by atoms with Gasteiger partial charge in [-0.25, -0.2) is 17.2 Å². The molecule has 0 radical (unpaired) electrons. The number of alkyl halides is 2. The molecular formula is C17H13F2NO3S. The predicted octanol–water partition coefficient (Wildman–Crippen LogP) is 4.06. The minimum absolute atomic E-state index is 0.0908. The molecule has 0 spiro atoms. The number of hydrogen-bond acceptors (Lipinski definition) is 4. The smallest absolute Gasteiger partial charge is 0.298 e. The summed E-state index contributed by atoms with van der Waals surface area (Å²) in [5.74, 6) is -0.594. The number of rotatable bonds is 5. The molecule has 0 saturated carbocycles. The molecule has 0 N–H and O–H groups in total. The molecule has 0 saturated heterocycles. The zero-order chi connectivity index (χ0) is 17.1. The van der Waals surface area contributed by atoms with Gasteiger partial charge in [-0.2, -0.15) is 0 Å². The molecule has 0 aliphatic heterocycles. The van der Waals surface area contributed by atoms with Gasteiger partial charge in [0.2, 0.25) is 5.76 Å². The first-order valence-corrected chi connectivity index (χ1v) is 8.47. The first kappa shape index (κ1) is 16.3. The minimum Gasteiger partial charge on any atom is -0.354 e. The van der Waals surface area contributed by atoms with Gasteiger partial charge in [-0.3, -0.25) is 0 Å². The molecule has 0 amide bonds. The van der Waals surface area contributed by atoms with Gasteiger partial charge in [0, 0.05) is 5.56 Å². The maximum absolute atomic E-state index is 13.3. The van der Waals surface area contributed by atoms with E-state index in [2.05, 4.69) is 5.16 Å². The molecule has 124 valence electrons. The lowest BCUT2D eigenvalue weighted by atomic mass is 9.98. The molecule has 2 aromatic carbocycles. The maximum atomic E-state index is 13.3. The third-order valence-corrected chi connectivity index (χ3v) is 4.14. The summed E-state index contributed by atoms with van der Waals surface area (Å²) in [5.41, 5.74) is 2.29. The zero-order valence-electron chi connectivity index (χ0n) is 12.4. The largest absolute Gasteiger partial charge is 0.354 e. The third-order valence-electron chi connectivity index (χ3n) is 3.52. The number of nitrogens with zero attached hydrogens (tertiary/aromatic N) is 1. The normalized spacial score (nSPS) is 11.3. The summed E-state index contributed by atoms with van der Waals surface area (Å²) in [6, 6.07) is 15.3. The summed E-state index contributed by atoms with van der Waals surface area (Å²) >= 11 is 0. The Bertz CT molecular complexity index is 895. The van der Waals surface area contributed by atoms with Crippen LogP contribution in [0.4, 0.5) is 8.78 Å². The van der Waals surface area contributed by atoms with Crippen LogP contribution in [-0.2, 0) is 16.5 Å². The van der Waals surface area contributed by atoms with Crippen LogP contribution in [0.2, 0.25) is 0 Å². The van der Waals surface area contributed by atoms with E-state index in [0.29, 0.717) is 22.4 Å². The van der Waals surface area contributed by atoms with Gasteiger partial charge in [0.15, 0.2) is 0 Å². The maximum Gasteiger partial charge on any atom is 0.298 e. The summed E-state index contributed by atoms with van der Waals surface area (Å²) < 4.78 is 53.0. The Kier molecular flexibility index (Phi) is 4.71. The third kappa shape index (κ3) is 3.35. The average Bonchev–Trinajstić information content (AvgIpc) is 3.01. The second-order valence-electron chi connectivity index (χ2n) is 5.12. The minimum atomic E-state index is -2.80. The molecule has 0 atom stereocenters. The first-order valence-electron chi connectivity index (χ1n) is 7.10. The molecule has 1 heterocycles. The lowest BCUT2D eigenvalue weighted by Crippen LogP contribution is -1.90. The highest BCUT2D eigenvalue weighted by atomic mass is 32.2. The molecular weight excluding hydrogens is 336 g/mol. The van der Waals surface area contributed by atoms with Crippen molar-refractivity contribution < 1.29 is 21.7 Å². The fourth-order valence-electron chi connectivity index (χ4n) is 2.45. The molecule has 0 unspecified atom stereocenters. The van der Waals surface area contributed by atoms with E-state index in [-0.39, 0.29) is 11.3 Å². The van der Waals surface area contributed by atoms with E-state index in [1.807, 2.05) is 6.07 Å². The van der Waals surface area contributed by atoms with Gasteiger partial charge in [0.1, 0.15) is 16.4 Å².